The Morgan fingerprint density at radius 3 is 2.77 bits per heavy atom. The van der Waals surface area contributed by atoms with Crippen LogP contribution in [-0.2, 0) is 6.54 Å². The summed E-state index contributed by atoms with van der Waals surface area (Å²) in [6, 6.07) is 8.13. The lowest BCUT2D eigenvalue weighted by Crippen LogP contribution is -2.05. The standard InChI is InChI=1S/C17H21N3OS/c1-3-10-20-16(14-6-7-14)18-19-17(20)22-12-11-21-15-8-4-13(2)5-9-15/h3-5,8-9,14H,1,6-7,10-12H2,2H3. The number of benzene rings is 1. The van der Waals surface area contributed by atoms with Gasteiger partial charge in [-0.15, -0.1) is 16.8 Å². The van der Waals surface area contributed by atoms with E-state index in [-0.39, 0.29) is 0 Å². The third-order valence-corrected chi connectivity index (χ3v) is 4.53. The molecule has 3 rings (SSSR count). The third kappa shape index (κ3) is 3.71. The maximum atomic E-state index is 5.75. The molecule has 1 fully saturated rings. The van der Waals surface area contributed by atoms with Crippen LogP contribution in [0.4, 0.5) is 0 Å². The zero-order chi connectivity index (χ0) is 15.4. The highest BCUT2D eigenvalue weighted by Gasteiger charge is 2.30. The van der Waals surface area contributed by atoms with Crippen LogP contribution in [0.15, 0.2) is 42.1 Å². The second-order valence-corrected chi connectivity index (χ2v) is 6.59. The van der Waals surface area contributed by atoms with Crippen molar-refractivity contribution in [1.29, 1.82) is 0 Å². The first-order valence-corrected chi connectivity index (χ1v) is 8.62. The highest BCUT2D eigenvalue weighted by Crippen LogP contribution is 2.40. The molecule has 2 aromatic rings. The molecule has 0 bridgehead atoms. The number of hydrogen-bond donors (Lipinski definition) is 0. The monoisotopic (exact) mass is 315 g/mol. The molecule has 1 aromatic heterocycles. The molecule has 1 saturated carbocycles. The summed E-state index contributed by atoms with van der Waals surface area (Å²) < 4.78 is 7.93. The summed E-state index contributed by atoms with van der Waals surface area (Å²) in [5, 5.41) is 9.64. The summed E-state index contributed by atoms with van der Waals surface area (Å²) in [4.78, 5) is 0. The topological polar surface area (TPSA) is 39.9 Å². The Balaban J connectivity index is 1.52. The fraction of sp³-hybridized carbons (Fsp3) is 0.412. The minimum absolute atomic E-state index is 0.602. The van der Waals surface area contributed by atoms with Crippen LogP contribution in [0.2, 0.25) is 0 Å². The average Bonchev–Trinajstić information content (AvgIpc) is 3.29. The fourth-order valence-corrected chi connectivity index (χ4v) is 3.05. The van der Waals surface area contributed by atoms with E-state index in [1.807, 2.05) is 18.2 Å². The van der Waals surface area contributed by atoms with E-state index >= 15 is 0 Å². The summed E-state index contributed by atoms with van der Waals surface area (Å²) in [6.45, 7) is 7.34. The van der Waals surface area contributed by atoms with Gasteiger partial charge >= 0.3 is 0 Å². The van der Waals surface area contributed by atoms with Crippen molar-refractivity contribution in [3.05, 3.63) is 48.3 Å². The summed E-state index contributed by atoms with van der Waals surface area (Å²) in [5.41, 5.74) is 1.24. The molecule has 0 saturated heterocycles. The van der Waals surface area contributed by atoms with Gasteiger partial charge in [0.2, 0.25) is 0 Å². The second-order valence-electron chi connectivity index (χ2n) is 5.52. The third-order valence-electron chi connectivity index (χ3n) is 3.60. The van der Waals surface area contributed by atoms with Crippen molar-refractivity contribution >= 4 is 11.8 Å². The maximum absolute atomic E-state index is 5.75. The molecule has 1 aliphatic rings. The molecule has 5 heteroatoms. The van der Waals surface area contributed by atoms with Gasteiger partial charge < -0.3 is 9.30 Å². The predicted octanol–water partition coefficient (Wildman–Crippen LogP) is 3.82. The number of aryl methyl sites for hydroxylation is 1. The lowest BCUT2D eigenvalue weighted by molar-refractivity contribution is 0.343. The van der Waals surface area contributed by atoms with Gasteiger partial charge in [-0.3, -0.25) is 0 Å². The number of hydrogen-bond acceptors (Lipinski definition) is 4. The van der Waals surface area contributed by atoms with Gasteiger partial charge in [-0.2, -0.15) is 0 Å². The van der Waals surface area contributed by atoms with Gasteiger partial charge in [-0.1, -0.05) is 35.5 Å². The first kappa shape index (κ1) is 15.2. The Morgan fingerprint density at radius 1 is 1.32 bits per heavy atom. The van der Waals surface area contributed by atoms with E-state index in [1.54, 1.807) is 11.8 Å². The van der Waals surface area contributed by atoms with Crippen LogP contribution >= 0.6 is 11.8 Å². The van der Waals surface area contributed by atoms with E-state index in [0.29, 0.717) is 12.5 Å². The molecule has 0 radical (unpaired) electrons. The first-order chi connectivity index (χ1) is 10.8. The zero-order valence-corrected chi connectivity index (χ0v) is 13.7. The summed E-state index contributed by atoms with van der Waals surface area (Å²) in [7, 11) is 0. The molecule has 22 heavy (non-hydrogen) atoms. The molecule has 1 heterocycles. The SMILES string of the molecule is C=CCn1c(SCCOc2ccc(C)cc2)nnc1C1CC1. The van der Waals surface area contributed by atoms with E-state index in [9.17, 15) is 0 Å². The lowest BCUT2D eigenvalue weighted by atomic mass is 10.2. The Bertz CT molecular complexity index is 632. The lowest BCUT2D eigenvalue weighted by Gasteiger charge is -2.08. The van der Waals surface area contributed by atoms with E-state index in [1.165, 1.54) is 18.4 Å². The van der Waals surface area contributed by atoms with Crippen molar-refractivity contribution in [3.8, 4) is 5.75 Å². The van der Waals surface area contributed by atoms with Gasteiger partial charge in [0.15, 0.2) is 5.16 Å². The Labute approximate surface area is 135 Å². The molecule has 0 unspecified atom stereocenters. The first-order valence-electron chi connectivity index (χ1n) is 7.64. The quantitative estimate of drug-likeness (QED) is 0.422. The molecule has 116 valence electrons. The normalized spacial score (nSPS) is 14.0. The van der Waals surface area contributed by atoms with Crippen molar-refractivity contribution in [2.45, 2.75) is 37.4 Å². The number of rotatable bonds is 8. The summed E-state index contributed by atoms with van der Waals surface area (Å²) in [5.74, 6) is 3.48. The Kier molecular flexibility index (Phi) is 4.83. The van der Waals surface area contributed by atoms with Gasteiger partial charge in [0, 0.05) is 18.2 Å². The fourth-order valence-electron chi connectivity index (χ4n) is 2.28. The van der Waals surface area contributed by atoms with Gasteiger partial charge in [-0.05, 0) is 31.9 Å². The van der Waals surface area contributed by atoms with Crippen molar-refractivity contribution in [1.82, 2.24) is 14.8 Å². The molecule has 0 N–H and O–H groups in total. The van der Waals surface area contributed by atoms with Crippen molar-refractivity contribution in [2.75, 3.05) is 12.4 Å². The van der Waals surface area contributed by atoms with Crippen LogP contribution < -0.4 is 4.74 Å². The Morgan fingerprint density at radius 2 is 2.09 bits per heavy atom. The molecule has 1 aromatic carbocycles. The van der Waals surface area contributed by atoms with Crippen LogP contribution in [0, 0.1) is 6.92 Å². The molecule has 0 amide bonds. The molecule has 0 aliphatic heterocycles. The molecule has 1 aliphatic carbocycles. The Hall–Kier alpha value is -1.75. The molecule has 4 nitrogen and oxygen atoms in total. The maximum Gasteiger partial charge on any atom is 0.191 e. The van der Waals surface area contributed by atoms with Crippen molar-refractivity contribution in [3.63, 3.8) is 0 Å². The van der Waals surface area contributed by atoms with Crippen LogP contribution in [0.1, 0.15) is 30.1 Å². The van der Waals surface area contributed by atoms with E-state index in [4.69, 9.17) is 4.74 Å². The van der Waals surface area contributed by atoms with E-state index in [2.05, 4.69) is 40.4 Å². The molecular weight excluding hydrogens is 294 g/mol. The van der Waals surface area contributed by atoms with Gasteiger partial charge in [0.25, 0.3) is 0 Å². The van der Waals surface area contributed by atoms with Crippen molar-refractivity contribution in [2.24, 2.45) is 0 Å². The smallest absolute Gasteiger partial charge is 0.191 e. The zero-order valence-electron chi connectivity index (χ0n) is 12.9. The minimum atomic E-state index is 0.602. The number of thioether (sulfide) groups is 1. The molecule has 0 spiro atoms. The number of allylic oxidation sites excluding steroid dienone is 1. The molecule has 0 atom stereocenters. The van der Waals surface area contributed by atoms with Crippen LogP contribution in [0.5, 0.6) is 5.75 Å². The van der Waals surface area contributed by atoms with E-state index < -0.39 is 0 Å². The highest BCUT2D eigenvalue weighted by molar-refractivity contribution is 7.99. The highest BCUT2D eigenvalue weighted by atomic mass is 32.2. The minimum Gasteiger partial charge on any atom is -0.493 e. The largest absolute Gasteiger partial charge is 0.493 e. The molecular formula is C17H21N3OS. The second kappa shape index (κ2) is 7.01. The number of ether oxygens (including phenoxy) is 1. The average molecular weight is 315 g/mol. The van der Waals surface area contributed by atoms with Crippen LogP contribution in [0.3, 0.4) is 0 Å². The van der Waals surface area contributed by atoms with Gasteiger partial charge in [-0.25, -0.2) is 0 Å². The van der Waals surface area contributed by atoms with E-state index in [0.717, 1.165) is 29.0 Å². The summed E-state index contributed by atoms with van der Waals surface area (Å²) >= 11 is 1.69. The van der Waals surface area contributed by atoms with Crippen LogP contribution in [-0.4, -0.2) is 27.1 Å². The van der Waals surface area contributed by atoms with Crippen LogP contribution in [0.25, 0.3) is 0 Å². The van der Waals surface area contributed by atoms with Gasteiger partial charge in [0.05, 0.1) is 6.61 Å². The van der Waals surface area contributed by atoms with Crippen molar-refractivity contribution < 1.29 is 4.74 Å². The predicted molar refractivity (Wildman–Crippen MR) is 89.6 cm³/mol. The number of nitrogens with zero attached hydrogens (tertiary/aromatic N) is 3. The number of aromatic nitrogens is 3. The van der Waals surface area contributed by atoms with Gasteiger partial charge in [0.1, 0.15) is 11.6 Å². The summed E-state index contributed by atoms with van der Waals surface area (Å²) in [6.07, 6.45) is 4.37.